The molecule has 0 atom stereocenters. The predicted molar refractivity (Wildman–Crippen MR) is 137 cm³/mol. The molecule has 2 heterocycles. The van der Waals surface area contributed by atoms with Crippen LogP contribution < -0.4 is 10.1 Å². The second-order valence-electron chi connectivity index (χ2n) is 9.48. The third-order valence-electron chi connectivity index (χ3n) is 7.00. The summed E-state index contributed by atoms with van der Waals surface area (Å²) >= 11 is 5.98. The first-order chi connectivity index (χ1) is 16.2. The molecular weight excluding hydrogens is 453 g/mol. The summed E-state index contributed by atoms with van der Waals surface area (Å²) in [4.78, 5) is 13.8. The van der Waals surface area contributed by atoms with Crippen molar-refractivity contribution in [2.75, 3.05) is 39.1 Å². The lowest BCUT2D eigenvalue weighted by atomic mass is 9.87. The molecule has 0 spiro atoms. The van der Waals surface area contributed by atoms with Crippen molar-refractivity contribution in [2.45, 2.75) is 45.2 Å². The lowest BCUT2D eigenvalue weighted by molar-refractivity contribution is 0.0571. The number of nitrogens with zero attached hydrogens (tertiary/aromatic N) is 4. The van der Waals surface area contributed by atoms with Crippen LogP contribution in [0.2, 0.25) is 5.02 Å². The number of ether oxygens (including phenoxy) is 1. The number of hydrogen-bond donors (Lipinski definition) is 1. The lowest BCUT2D eigenvalue weighted by Crippen LogP contribution is -2.49. The number of piperidine rings is 1. The largest absolute Gasteiger partial charge is 0.493 e. The van der Waals surface area contributed by atoms with Gasteiger partial charge in [-0.3, -0.25) is 4.90 Å². The average Bonchev–Trinajstić information content (AvgIpc) is 2.81. The van der Waals surface area contributed by atoms with E-state index in [1.165, 1.54) is 12.4 Å². The molecular formula is C26H33ClFN5O. The number of aromatic nitrogens is 2. The molecule has 0 bridgehead atoms. The van der Waals surface area contributed by atoms with Gasteiger partial charge in [0.2, 0.25) is 0 Å². The van der Waals surface area contributed by atoms with E-state index < -0.39 is 5.82 Å². The highest BCUT2D eigenvalue weighted by Crippen LogP contribution is 2.40. The van der Waals surface area contributed by atoms with Gasteiger partial charge in [0.1, 0.15) is 23.7 Å². The maximum atomic E-state index is 13.6. The van der Waals surface area contributed by atoms with E-state index >= 15 is 0 Å². The summed E-state index contributed by atoms with van der Waals surface area (Å²) in [6.45, 7) is 9.24. The number of fused-ring (bicyclic) bond motifs is 1. The van der Waals surface area contributed by atoms with Gasteiger partial charge in [0.15, 0.2) is 0 Å². The van der Waals surface area contributed by atoms with E-state index in [0.717, 1.165) is 48.1 Å². The molecule has 182 valence electrons. The molecule has 2 aromatic carbocycles. The Balaban J connectivity index is 1.76. The molecule has 0 saturated carbocycles. The maximum absolute atomic E-state index is 13.6. The molecule has 34 heavy (non-hydrogen) atoms. The van der Waals surface area contributed by atoms with E-state index in [1.807, 2.05) is 13.0 Å². The maximum Gasteiger partial charge on any atom is 0.141 e. The van der Waals surface area contributed by atoms with Crippen molar-refractivity contribution in [1.82, 2.24) is 19.8 Å². The zero-order valence-corrected chi connectivity index (χ0v) is 21.3. The van der Waals surface area contributed by atoms with E-state index in [1.54, 1.807) is 12.1 Å². The van der Waals surface area contributed by atoms with Gasteiger partial charge < -0.3 is 15.0 Å². The second kappa shape index (κ2) is 10.0. The van der Waals surface area contributed by atoms with Crippen molar-refractivity contribution < 1.29 is 9.13 Å². The topological polar surface area (TPSA) is 53.5 Å². The molecule has 1 aromatic heterocycles. The monoisotopic (exact) mass is 485 g/mol. The normalized spacial score (nSPS) is 15.8. The van der Waals surface area contributed by atoms with Crippen molar-refractivity contribution in [3.63, 3.8) is 0 Å². The van der Waals surface area contributed by atoms with Crippen LogP contribution in [0.1, 0.15) is 39.2 Å². The highest BCUT2D eigenvalue weighted by atomic mass is 35.5. The van der Waals surface area contributed by atoms with Gasteiger partial charge >= 0.3 is 0 Å². The van der Waals surface area contributed by atoms with Crippen molar-refractivity contribution in [2.24, 2.45) is 0 Å². The second-order valence-corrected chi connectivity index (χ2v) is 9.89. The Kier molecular flexibility index (Phi) is 7.26. The van der Waals surface area contributed by atoms with E-state index in [4.69, 9.17) is 16.3 Å². The molecule has 4 rings (SSSR count). The Bertz CT molecular complexity index is 1160. The van der Waals surface area contributed by atoms with Crippen LogP contribution >= 0.6 is 11.6 Å². The molecule has 6 nitrogen and oxygen atoms in total. The molecule has 0 unspecified atom stereocenters. The van der Waals surface area contributed by atoms with E-state index in [2.05, 4.69) is 59.1 Å². The molecule has 1 N–H and O–H groups in total. The fraction of sp³-hybridized carbons (Fsp3) is 0.462. The molecule has 8 heteroatoms. The van der Waals surface area contributed by atoms with Crippen molar-refractivity contribution in [3.05, 3.63) is 53.1 Å². The summed E-state index contributed by atoms with van der Waals surface area (Å²) in [6.07, 6.45) is 3.78. The summed E-state index contributed by atoms with van der Waals surface area (Å²) in [6, 6.07) is 9.14. The van der Waals surface area contributed by atoms with Gasteiger partial charge in [0.25, 0.3) is 0 Å². The molecule has 3 aromatic rings. The number of nitrogens with one attached hydrogen (secondary N) is 1. The minimum absolute atomic E-state index is 0.0589. The number of likely N-dealkylation sites (tertiary alicyclic amines) is 1. The Hall–Kier alpha value is -2.48. The highest BCUT2D eigenvalue weighted by molar-refractivity contribution is 6.31. The summed E-state index contributed by atoms with van der Waals surface area (Å²) < 4.78 is 19.7. The smallest absolute Gasteiger partial charge is 0.141 e. The predicted octanol–water partition coefficient (Wildman–Crippen LogP) is 5.83. The van der Waals surface area contributed by atoms with Gasteiger partial charge in [-0.1, -0.05) is 11.6 Å². The van der Waals surface area contributed by atoms with Crippen molar-refractivity contribution in [3.8, 4) is 5.75 Å². The van der Waals surface area contributed by atoms with Crippen LogP contribution in [-0.2, 0) is 5.54 Å². The highest BCUT2D eigenvalue weighted by Gasteiger charge is 2.35. The van der Waals surface area contributed by atoms with Crippen LogP contribution in [-0.4, -0.2) is 59.6 Å². The van der Waals surface area contributed by atoms with Crippen LogP contribution in [0.4, 0.5) is 15.9 Å². The van der Waals surface area contributed by atoms with Crippen molar-refractivity contribution >= 4 is 34.0 Å². The Morgan fingerprint density at radius 2 is 1.94 bits per heavy atom. The van der Waals surface area contributed by atoms with E-state index in [9.17, 15) is 4.39 Å². The van der Waals surface area contributed by atoms with Crippen LogP contribution in [0.3, 0.4) is 0 Å². The SMILES string of the molecule is CCOc1cc2ncnc(Nc3ccc(F)c(Cl)c3)c2cc1C(C)(C)N(C)C1CCN(C)CC1. The number of hydrogen-bond acceptors (Lipinski definition) is 6. The zero-order chi connectivity index (χ0) is 24.5. The first kappa shape index (κ1) is 24.6. The summed E-state index contributed by atoms with van der Waals surface area (Å²) in [5, 5.41) is 4.21. The first-order valence-corrected chi connectivity index (χ1v) is 12.1. The molecule has 1 aliphatic heterocycles. The Morgan fingerprint density at radius 1 is 1.21 bits per heavy atom. The fourth-order valence-electron chi connectivity index (χ4n) is 4.68. The van der Waals surface area contributed by atoms with Crippen LogP contribution in [0.25, 0.3) is 10.9 Å². The van der Waals surface area contributed by atoms with Crippen LogP contribution in [0.5, 0.6) is 5.75 Å². The average molecular weight is 486 g/mol. The van der Waals surface area contributed by atoms with Crippen LogP contribution in [0.15, 0.2) is 36.7 Å². The Morgan fingerprint density at radius 3 is 2.62 bits per heavy atom. The summed E-state index contributed by atoms with van der Waals surface area (Å²) in [7, 11) is 4.39. The third kappa shape index (κ3) is 4.97. The molecule has 0 radical (unpaired) electrons. The third-order valence-corrected chi connectivity index (χ3v) is 7.29. The molecule has 0 amide bonds. The van der Waals surface area contributed by atoms with Gasteiger partial charge in [-0.15, -0.1) is 0 Å². The molecule has 1 fully saturated rings. The number of rotatable bonds is 7. The van der Waals surface area contributed by atoms with E-state index in [-0.39, 0.29) is 10.6 Å². The van der Waals surface area contributed by atoms with Crippen molar-refractivity contribution in [1.29, 1.82) is 0 Å². The Labute approximate surface area is 206 Å². The minimum atomic E-state index is -0.456. The molecule has 1 aliphatic rings. The quantitative estimate of drug-likeness (QED) is 0.454. The summed E-state index contributed by atoms with van der Waals surface area (Å²) in [5.41, 5.74) is 2.23. The number of halogens is 2. The lowest BCUT2D eigenvalue weighted by Gasteiger charge is -2.45. The minimum Gasteiger partial charge on any atom is -0.493 e. The first-order valence-electron chi connectivity index (χ1n) is 11.8. The zero-order valence-electron chi connectivity index (χ0n) is 20.5. The number of anilines is 2. The number of benzene rings is 2. The standard InChI is InChI=1S/C26H33ClFN5O/c1-6-34-24-15-23-19(25(30-16-29-23)31-17-7-8-22(28)21(27)13-17)14-20(24)26(2,3)33(5)18-9-11-32(4)12-10-18/h7-8,13-16,18H,6,9-12H2,1-5H3,(H,29,30,31). The molecule has 0 aliphatic carbocycles. The van der Waals surface area contributed by atoms with Crippen LogP contribution in [0, 0.1) is 5.82 Å². The van der Waals surface area contributed by atoms with Gasteiger partial charge in [0, 0.05) is 34.3 Å². The van der Waals surface area contributed by atoms with Gasteiger partial charge in [-0.2, -0.15) is 0 Å². The van der Waals surface area contributed by atoms with Gasteiger partial charge in [-0.25, -0.2) is 14.4 Å². The van der Waals surface area contributed by atoms with Gasteiger partial charge in [-0.05, 0) is 85.1 Å². The summed E-state index contributed by atoms with van der Waals surface area (Å²) in [5.74, 6) is 1.01. The fourth-order valence-corrected chi connectivity index (χ4v) is 4.86. The molecule has 1 saturated heterocycles. The van der Waals surface area contributed by atoms with E-state index in [0.29, 0.717) is 24.2 Å². The van der Waals surface area contributed by atoms with Gasteiger partial charge in [0.05, 0.1) is 17.1 Å².